The van der Waals surface area contributed by atoms with Crippen molar-refractivity contribution in [2.75, 3.05) is 13.1 Å². The molecular formula is C25H30N4O4S. The molecular weight excluding hydrogens is 452 g/mol. The maximum atomic E-state index is 13.0. The van der Waals surface area contributed by atoms with E-state index >= 15 is 0 Å². The van der Waals surface area contributed by atoms with Crippen molar-refractivity contribution in [2.45, 2.75) is 50.6 Å². The van der Waals surface area contributed by atoms with E-state index in [2.05, 4.69) is 15.0 Å². The summed E-state index contributed by atoms with van der Waals surface area (Å²) in [5, 5.41) is 2.90. The molecule has 34 heavy (non-hydrogen) atoms. The molecule has 2 heterocycles. The number of piperidine rings is 1. The Balaban J connectivity index is 1.47. The lowest BCUT2D eigenvalue weighted by Crippen LogP contribution is -2.38. The number of sulfonamides is 1. The Bertz CT molecular complexity index is 1220. The fourth-order valence-electron chi connectivity index (χ4n) is 4.27. The smallest absolute Gasteiger partial charge is 0.263 e. The van der Waals surface area contributed by atoms with Crippen LogP contribution in [0.5, 0.6) is 0 Å². The minimum atomic E-state index is -3.68. The lowest BCUT2D eigenvalue weighted by molar-refractivity contribution is -0.123. The van der Waals surface area contributed by atoms with E-state index in [-0.39, 0.29) is 35.0 Å². The van der Waals surface area contributed by atoms with Crippen LogP contribution in [0.4, 0.5) is 0 Å². The summed E-state index contributed by atoms with van der Waals surface area (Å²) < 4.78 is 27.2. The second-order valence-electron chi connectivity index (χ2n) is 9.04. The predicted octanol–water partition coefficient (Wildman–Crippen LogP) is 2.69. The molecule has 2 aromatic rings. The zero-order valence-corrected chi connectivity index (χ0v) is 20.3. The van der Waals surface area contributed by atoms with Crippen LogP contribution in [0.2, 0.25) is 0 Å². The van der Waals surface area contributed by atoms with Crippen molar-refractivity contribution in [3.8, 4) is 0 Å². The minimum absolute atomic E-state index is 0.0199. The lowest BCUT2D eigenvalue weighted by atomic mass is 10.0. The summed E-state index contributed by atoms with van der Waals surface area (Å²) in [6, 6.07) is 13.1. The largest absolute Gasteiger partial charge is 0.350 e. The first-order valence-corrected chi connectivity index (χ1v) is 13.1. The molecule has 2 aliphatic rings. The highest BCUT2D eigenvalue weighted by molar-refractivity contribution is 7.90. The Labute approximate surface area is 200 Å². The molecule has 0 bridgehead atoms. The number of fused-ring (bicyclic) bond motifs is 1. The van der Waals surface area contributed by atoms with Gasteiger partial charge in [-0.1, -0.05) is 38.1 Å². The lowest BCUT2D eigenvalue weighted by Gasteiger charge is -2.26. The first-order valence-electron chi connectivity index (χ1n) is 11.6. The van der Waals surface area contributed by atoms with Crippen molar-refractivity contribution >= 4 is 27.7 Å². The summed E-state index contributed by atoms with van der Waals surface area (Å²) in [5.41, 5.74) is 1.90. The van der Waals surface area contributed by atoms with E-state index in [0.717, 1.165) is 37.9 Å². The second kappa shape index (κ2) is 9.97. The summed E-state index contributed by atoms with van der Waals surface area (Å²) >= 11 is 0. The van der Waals surface area contributed by atoms with Crippen LogP contribution in [-0.2, 0) is 21.4 Å². The summed E-state index contributed by atoms with van der Waals surface area (Å²) in [6.07, 6.45) is 3.21. The van der Waals surface area contributed by atoms with E-state index in [1.54, 1.807) is 24.3 Å². The number of carbonyl (C=O) groups excluding carboxylic acids is 2. The average Bonchev–Trinajstić information content (AvgIpc) is 3.11. The number of hydrogen-bond acceptors (Lipinski definition) is 5. The van der Waals surface area contributed by atoms with Crippen molar-refractivity contribution in [3.05, 3.63) is 65.2 Å². The summed E-state index contributed by atoms with van der Waals surface area (Å²) in [7, 11) is -3.68. The molecule has 0 radical (unpaired) electrons. The van der Waals surface area contributed by atoms with Crippen LogP contribution < -0.4 is 10.0 Å². The molecule has 2 N–H and O–H groups in total. The highest BCUT2D eigenvalue weighted by atomic mass is 32.2. The van der Waals surface area contributed by atoms with Gasteiger partial charge in [-0.2, -0.15) is 0 Å². The number of nitrogens with one attached hydrogen (secondary N) is 2. The van der Waals surface area contributed by atoms with Gasteiger partial charge >= 0.3 is 0 Å². The van der Waals surface area contributed by atoms with E-state index < -0.39 is 16.1 Å². The third kappa shape index (κ3) is 5.14. The number of amidine groups is 1. The van der Waals surface area contributed by atoms with Crippen molar-refractivity contribution in [3.63, 3.8) is 0 Å². The molecule has 2 aromatic carbocycles. The summed E-state index contributed by atoms with van der Waals surface area (Å²) in [4.78, 5) is 32.3. The second-order valence-corrected chi connectivity index (χ2v) is 10.7. The normalized spacial score (nSPS) is 18.9. The van der Waals surface area contributed by atoms with Gasteiger partial charge in [0.05, 0.1) is 4.90 Å². The summed E-state index contributed by atoms with van der Waals surface area (Å²) in [5.74, 6) is -0.263. The predicted molar refractivity (Wildman–Crippen MR) is 130 cm³/mol. The van der Waals surface area contributed by atoms with Crippen molar-refractivity contribution < 1.29 is 18.0 Å². The molecule has 0 unspecified atom stereocenters. The molecule has 4 rings (SSSR count). The minimum Gasteiger partial charge on any atom is -0.350 e. The van der Waals surface area contributed by atoms with Gasteiger partial charge in [0.15, 0.2) is 0 Å². The summed E-state index contributed by atoms with van der Waals surface area (Å²) in [6.45, 7) is 5.53. The SMILES string of the molecule is CC(C)[C@H](N=C1NS(=O)(=O)c2ccccc21)C(=O)NCc1cccc(C(=O)N2CCCCC2)c1. The Morgan fingerprint density at radius 3 is 2.53 bits per heavy atom. The maximum absolute atomic E-state index is 13.0. The van der Waals surface area contributed by atoms with Gasteiger partial charge in [0.2, 0.25) is 5.91 Å². The molecule has 9 heteroatoms. The van der Waals surface area contributed by atoms with Crippen LogP contribution in [0.25, 0.3) is 0 Å². The molecule has 0 aromatic heterocycles. The van der Waals surface area contributed by atoms with Gasteiger partial charge in [-0.25, -0.2) is 8.42 Å². The molecule has 0 saturated carbocycles. The monoisotopic (exact) mass is 482 g/mol. The van der Waals surface area contributed by atoms with Gasteiger partial charge in [-0.05, 0) is 55.0 Å². The number of amides is 2. The Kier molecular flexibility index (Phi) is 7.02. The Morgan fingerprint density at radius 2 is 1.79 bits per heavy atom. The molecule has 2 amide bonds. The molecule has 1 saturated heterocycles. The van der Waals surface area contributed by atoms with Gasteiger partial charge in [-0.3, -0.25) is 19.3 Å². The molecule has 180 valence electrons. The van der Waals surface area contributed by atoms with E-state index in [0.29, 0.717) is 11.1 Å². The van der Waals surface area contributed by atoms with Crippen LogP contribution in [0.15, 0.2) is 58.4 Å². The third-order valence-corrected chi connectivity index (χ3v) is 7.51. The van der Waals surface area contributed by atoms with Gasteiger partial charge in [0.1, 0.15) is 11.9 Å². The van der Waals surface area contributed by atoms with Crippen LogP contribution in [-0.4, -0.2) is 50.1 Å². The number of rotatable bonds is 6. The maximum Gasteiger partial charge on any atom is 0.263 e. The van der Waals surface area contributed by atoms with E-state index in [9.17, 15) is 18.0 Å². The zero-order chi connectivity index (χ0) is 24.3. The van der Waals surface area contributed by atoms with Crippen molar-refractivity contribution in [2.24, 2.45) is 10.9 Å². The molecule has 8 nitrogen and oxygen atoms in total. The number of hydrogen-bond donors (Lipinski definition) is 2. The average molecular weight is 483 g/mol. The fraction of sp³-hybridized carbons (Fsp3) is 0.400. The topological polar surface area (TPSA) is 108 Å². The van der Waals surface area contributed by atoms with Crippen LogP contribution >= 0.6 is 0 Å². The molecule has 1 atom stereocenters. The number of carbonyl (C=O) groups is 2. The molecule has 1 fully saturated rings. The van der Waals surface area contributed by atoms with Crippen LogP contribution in [0.3, 0.4) is 0 Å². The number of benzene rings is 2. The van der Waals surface area contributed by atoms with Gasteiger partial charge < -0.3 is 10.2 Å². The third-order valence-electron chi connectivity index (χ3n) is 6.11. The molecule has 0 spiro atoms. The van der Waals surface area contributed by atoms with Crippen molar-refractivity contribution in [1.29, 1.82) is 0 Å². The number of likely N-dealkylation sites (tertiary alicyclic amines) is 1. The van der Waals surface area contributed by atoms with Gasteiger partial charge in [0.25, 0.3) is 15.9 Å². The molecule has 0 aliphatic carbocycles. The van der Waals surface area contributed by atoms with Crippen molar-refractivity contribution in [1.82, 2.24) is 14.9 Å². The number of nitrogens with zero attached hydrogens (tertiary/aromatic N) is 2. The Hall–Kier alpha value is -3.20. The highest BCUT2D eigenvalue weighted by Gasteiger charge is 2.32. The van der Waals surface area contributed by atoms with E-state index in [1.165, 1.54) is 6.07 Å². The van der Waals surface area contributed by atoms with E-state index in [1.807, 2.05) is 36.9 Å². The number of aliphatic imine (C=N–C) groups is 1. The standard InChI is InChI=1S/C25H30N4O4S/c1-17(2)22(27-23-20-11-4-5-12-21(20)34(32,33)28-23)24(30)26-16-18-9-8-10-19(15-18)25(31)29-13-6-3-7-14-29/h4-5,8-12,15,17,22H,3,6-7,13-14,16H2,1-2H3,(H,26,30)(H,27,28)/t22-/m0/s1. The van der Waals surface area contributed by atoms with Crippen LogP contribution in [0.1, 0.15) is 54.6 Å². The van der Waals surface area contributed by atoms with Gasteiger partial charge in [-0.15, -0.1) is 0 Å². The zero-order valence-electron chi connectivity index (χ0n) is 19.5. The fourth-order valence-corrected chi connectivity index (χ4v) is 5.51. The van der Waals surface area contributed by atoms with E-state index in [4.69, 9.17) is 0 Å². The highest BCUT2D eigenvalue weighted by Crippen LogP contribution is 2.23. The van der Waals surface area contributed by atoms with Gasteiger partial charge in [0, 0.05) is 30.8 Å². The first-order chi connectivity index (χ1) is 16.3. The molecule has 2 aliphatic heterocycles. The Morgan fingerprint density at radius 1 is 1.06 bits per heavy atom. The quantitative estimate of drug-likeness (QED) is 0.660. The first kappa shape index (κ1) is 23.9. The van der Waals surface area contributed by atoms with Crippen LogP contribution in [0, 0.1) is 5.92 Å².